The lowest BCUT2D eigenvalue weighted by atomic mass is 10.1. The van der Waals surface area contributed by atoms with Gasteiger partial charge in [-0.1, -0.05) is 19.1 Å². The third-order valence-corrected chi connectivity index (χ3v) is 5.79. The molecule has 2 unspecified atom stereocenters. The van der Waals surface area contributed by atoms with Crippen LogP contribution < -0.4 is 20.8 Å². The van der Waals surface area contributed by atoms with Crippen molar-refractivity contribution in [3.63, 3.8) is 0 Å². The average Bonchev–Trinajstić information content (AvgIpc) is 2.84. The average molecular weight is 468 g/mol. The van der Waals surface area contributed by atoms with Gasteiger partial charge in [0.15, 0.2) is 0 Å². The van der Waals surface area contributed by atoms with E-state index in [9.17, 15) is 9.59 Å². The van der Waals surface area contributed by atoms with Crippen LogP contribution in [-0.2, 0) is 22.4 Å². The zero-order valence-electron chi connectivity index (χ0n) is 20.2. The van der Waals surface area contributed by atoms with Crippen LogP contribution in [0, 0.1) is 0 Å². The highest BCUT2D eigenvalue weighted by atomic mass is 16.5. The minimum atomic E-state index is -0.639. The first-order chi connectivity index (χ1) is 16.4. The lowest BCUT2D eigenvalue weighted by Crippen LogP contribution is -2.33. The van der Waals surface area contributed by atoms with Crippen LogP contribution in [0.2, 0.25) is 0 Å². The highest BCUT2D eigenvalue weighted by Gasteiger charge is 2.17. The minimum absolute atomic E-state index is 0.120. The number of carbonyl (C=O) groups excluding carboxylic acids is 1. The first kappa shape index (κ1) is 25.2. The van der Waals surface area contributed by atoms with Gasteiger partial charge in [-0.25, -0.2) is 4.68 Å². The fourth-order valence-corrected chi connectivity index (χ4v) is 3.84. The van der Waals surface area contributed by atoms with E-state index in [1.165, 1.54) is 0 Å². The molecule has 8 nitrogen and oxygen atoms in total. The molecule has 1 aromatic heterocycles. The zero-order chi connectivity index (χ0) is 24.7. The third kappa shape index (κ3) is 5.94. The quantitative estimate of drug-likeness (QED) is 0.437. The van der Waals surface area contributed by atoms with Gasteiger partial charge < -0.3 is 19.9 Å². The fraction of sp³-hybridized carbons (Fsp3) is 0.423. The second kappa shape index (κ2) is 11.7. The Kier molecular flexibility index (Phi) is 8.65. The van der Waals surface area contributed by atoms with Crippen LogP contribution in [0.1, 0.15) is 44.5 Å². The Bertz CT molecular complexity index is 1170. The van der Waals surface area contributed by atoms with E-state index in [0.29, 0.717) is 49.4 Å². The van der Waals surface area contributed by atoms with E-state index in [2.05, 4.69) is 5.10 Å². The number of amides is 1. The number of primary amides is 1. The fourth-order valence-electron chi connectivity index (χ4n) is 3.84. The number of aryl methyl sites for hydroxylation is 1. The lowest BCUT2D eigenvalue weighted by Gasteiger charge is -2.17. The van der Waals surface area contributed by atoms with Crippen LogP contribution in [0.3, 0.4) is 0 Å². The van der Waals surface area contributed by atoms with Crippen LogP contribution in [0.5, 0.6) is 11.5 Å². The maximum Gasteiger partial charge on any atom is 0.274 e. The standard InChI is InChI=1S/C26H33N3O5/c1-5-23-22-16-20(32-4)11-12-21(22)26(31)29(28-23)17(3)13-14-34-19-9-7-18(8-10-19)15-24(25(27)30)33-6-2/h7-12,16-17,24H,5-6,13-15H2,1-4H3,(H2,27,30). The number of carbonyl (C=O) groups is 1. The predicted molar refractivity (Wildman–Crippen MR) is 132 cm³/mol. The van der Waals surface area contributed by atoms with Crippen molar-refractivity contribution in [1.82, 2.24) is 9.78 Å². The SMILES string of the molecule is CCOC(Cc1ccc(OCCC(C)n2nc(CC)c3cc(OC)ccc3c2=O)cc1)C(N)=O. The summed E-state index contributed by atoms with van der Waals surface area (Å²) < 4.78 is 18.1. The van der Waals surface area contributed by atoms with E-state index >= 15 is 0 Å². The smallest absolute Gasteiger partial charge is 0.274 e. The molecule has 1 heterocycles. The van der Waals surface area contributed by atoms with Crippen molar-refractivity contribution in [2.75, 3.05) is 20.3 Å². The molecule has 0 radical (unpaired) electrons. The molecule has 1 amide bonds. The molecule has 2 N–H and O–H groups in total. The Morgan fingerprint density at radius 2 is 1.79 bits per heavy atom. The van der Waals surface area contributed by atoms with Crippen molar-refractivity contribution in [1.29, 1.82) is 0 Å². The zero-order valence-corrected chi connectivity index (χ0v) is 20.2. The Morgan fingerprint density at radius 1 is 1.09 bits per heavy atom. The van der Waals surface area contributed by atoms with Crippen molar-refractivity contribution < 1.29 is 19.0 Å². The van der Waals surface area contributed by atoms with Gasteiger partial charge in [-0.05, 0) is 56.2 Å². The molecule has 8 heteroatoms. The maximum absolute atomic E-state index is 13.1. The van der Waals surface area contributed by atoms with Crippen molar-refractivity contribution in [2.24, 2.45) is 5.73 Å². The maximum atomic E-state index is 13.1. The molecule has 3 rings (SSSR count). The molecule has 182 valence electrons. The Hall–Kier alpha value is -3.39. The second-order valence-corrected chi connectivity index (χ2v) is 8.14. The van der Waals surface area contributed by atoms with Crippen molar-refractivity contribution in [2.45, 2.75) is 52.2 Å². The topological polar surface area (TPSA) is 106 Å². The van der Waals surface area contributed by atoms with Gasteiger partial charge in [0.2, 0.25) is 5.91 Å². The van der Waals surface area contributed by atoms with Gasteiger partial charge >= 0.3 is 0 Å². The second-order valence-electron chi connectivity index (χ2n) is 8.14. The van der Waals surface area contributed by atoms with Crippen LogP contribution in [0.4, 0.5) is 0 Å². The van der Waals surface area contributed by atoms with Gasteiger partial charge in [0, 0.05) is 24.8 Å². The van der Waals surface area contributed by atoms with Crippen LogP contribution in [0.25, 0.3) is 10.8 Å². The van der Waals surface area contributed by atoms with Gasteiger partial charge in [-0.15, -0.1) is 0 Å². The van der Waals surface area contributed by atoms with Gasteiger partial charge in [0.25, 0.3) is 5.56 Å². The molecule has 2 aromatic carbocycles. The van der Waals surface area contributed by atoms with E-state index in [4.69, 9.17) is 19.9 Å². The number of aromatic nitrogens is 2. The van der Waals surface area contributed by atoms with Crippen molar-refractivity contribution >= 4 is 16.7 Å². The highest BCUT2D eigenvalue weighted by molar-refractivity contribution is 5.85. The number of fused-ring (bicyclic) bond motifs is 1. The molecular formula is C26H33N3O5. The summed E-state index contributed by atoms with van der Waals surface area (Å²) in [7, 11) is 1.61. The highest BCUT2D eigenvalue weighted by Crippen LogP contribution is 2.22. The van der Waals surface area contributed by atoms with E-state index in [1.807, 2.05) is 51.1 Å². The third-order valence-electron chi connectivity index (χ3n) is 5.79. The molecule has 0 aliphatic carbocycles. The Balaban J connectivity index is 1.65. The lowest BCUT2D eigenvalue weighted by molar-refractivity contribution is -0.129. The van der Waals surface area contributed by atoms with E-state index in [-0.39, 0.29) is 11.6 Å². The monoisotopic (exact) mass is 467 g/mol. The molecule has 0 fully saturated rings. The summed E-state index contributed by atoms with van der Waals surface area (Å²) in [5.41, 5.74) is 7.07. The molecule has 0 bridgehead atoms. The predicted octanol–water partition coefficient (Wildman–Crippen LogP) is 3.43. The van der Waals surface area contributed by atoms with Gasteiger partial charge in [0.1, 0.15) is 17.6 Å². The number of nitrogens with zero attached hydrogens (tertiary/aromatic N) is 2. The molecule has 0 aliphatic rings. The number of methoxy groups -OCH3 is 1. The number of ether oxygens (including phenoxy) is 3. The molecule has 0 spiro atoms. The molecular weight excluding hydrogens is 434 g/mol. The number of hydrogen-bond donors (Lipinski definition) is 1. The van der Waals surface area contributed by atoms with Gasteiger partial charge in [-0.3, -0.25) is 9.59 Å². The molecule has 3 aromatic rings. The van der Waals surface area contributed by atoms with Crippen LogP contribution >= 0.6 is 0 Å². The molecule has 34 heavy (non-hydrogen) atoms. The summed E-state index contributed by atoms with van der Waals surface area (Å²) in [5.74, 6) is 0.943. The largest absolute Gasteiger partial charge is 0.497 e. The van der Waals surface area contributed by atoms with Crippen molar-refractivity contribution in [3.05, 3.63) is 64.1 Å². The number of nitrogens with two attached hydrogens (primary N) is 1. The Labute approximate surface area is 199 Å². The summed E-state index contributed by atoms with van der Waals surface area (Å²) in [5, 5.41) is 6.10. The summed E-state index contributed by atoms with van der Waals surface area (Å²) in [6.45, 7) is 6.67. The molecule has 2 atom stereocenters. The Morgan fingerprint density at radius 3 is 2.41 bits per heavy atom. The summed E-state index contributed by atoms with van der Waals surface area (Å²) in [6.07, 6.45) is 1.11. The van der Waals surface area contributed by atoms with Crippen LogP contribution in [0.15, 0.2) is 47.3 Å². The van der Waals surface area contributed by atoms with Crippen molar-refractivity contribution in [3.8, 4) is 11.5 Å². The summed E-state index contributed by atoms with van der Waals surface area (Å²) in [4.78, 5) is 24.6. The molecule has 0 saturated heterocycles. The van der Waals surface area contributed by atoms with E-state index in [1.54, 1.807) is 23.9 Å². The number of benzene rings is 2. The van der Waals surface area contributed by atoms with Gasteiger partial charge in [0.05, 0.1) is 30.8 Å². The first-order valence-corrected chi connectivity index (χ1v) is 11.6. The van der Waals surface area contributed by atoms with E-state index in [0.717, 1.165) is 16.6 Å². The van der Waals surface area contributed by atoms with Crippen LogP contribution in [-0.4, -0.2) is 42.1 Å². The molecule has 0 aliphatic heterocycles. The summed E-state index contributed by atoms with van der Waals surface area (Å²) >= 11 is 0. The minimum Gasteiger partial charge on any atom is -0.497 e. The summed E-state index contributed by atoms with van der Waals surface area (Å²) in [6, 6.07) is 12.8. The molecule has 0 saturated carbocycles. The van der Waals surface area contributed by atoms with E-state index < -0.39 is 12.0 Å². The number of hydrogen-bond acceptors (Lipinski definition) is 6. The van der Waals surface area contributed by atoms with Gasteiger partial charge in [-0.2, -0.15) is 5.10 Å². The number of rotatable bonds is 12. The first-order valence-electron chi connectivity index (χ1n) is 11.6. The normalized spacial score (nSPS) is 12.9.